The zero-order valence-corrected chi connectivity index (χ0v) is 19.3. The number of hydrogen-bond acceptors (Lipinski definition) is 6. The SMILES string of the molecule is NCCC1(c2nnc(-c3ccc(F)cc3)o2)c2ccc(C(N)=O)cc2CCc2cc(C(N)=O)ccc21. The lowest BCUT2D eigenvalue weighted by atomic mass is 9.69. The molecular formula is C27H24FN5O3. The Morgan fingerprint density at radius 3 is 1.92 bits per heavy atom. The Morgan fingerprint density at radius 2 is 1.42 bits per heavy atom. The van der Waals surface area contributed by atoms with E-state index in [2.05, 4.69) is 10.2 Å². The van der Waals surface area contributed by atoms with Gasteiger partial charge in [0.05, 0.1) is 0 Å². The van der Waals surface area contributed by atoms with Crippen LogP contribution in [0.3, 0.4) is 0 Å². The molecule has 0 spiro atoms. The van der Waals surface area contributed by atoms with Crippen LogP contribution < -0.4 is 17.2 Å². The molecule has 9 heteroatoms. The fourth-order valence-corrected chi connectivity index (χ4v) is 5.08. The monoisotopic (exact) mass is 485 g/mol. The number of amides is 2. The number of aromatic nitrogens is 2. The van der Waals surface area contributed by atoms with Gasteiger partial charge in [0.25, 0.3) is 0 Å². The fraction of sp³-hybridized carbons (Fsp3) is 0.185. The number of halogens is 1. The molecule has 1 aliphatic carbocycles. The maximum absolute atomic E-state index is 13.5. The second-order valence-corrected chi connectivity index (χ2v) is 8.84. The summed E-state index contributed by atoms with van der Waals surface area (Å²) in [6, 6.07) is 16.4. The van der Waals surface area contributed by atoms with Crippen LogP contribution in [0.2, 0.25) is 0 Å². The van der Waals surface area contributed by atoms with Crippen LogP contribution >= 0.6 is 0 Å². The molecule has 1 aliphatic rings. The number of carbonyl (C=O) groups excluding carboxylic acids is 2. The van der Waals surface area contributed by atoms with Gasteiger partial charge in [-0.2, -0.15) is 0 Å². The van der Waals surface area contributed by atoms with Crippen LogP contribution in [0.1, 0.15) is 55.3 Å². The normalized spacial score (nSPS) is 13.9. The van der Waals surface area contributed by atoms with E-state index in [4.69, 9.17) is 21.6 Å². The van der Waals surface area contributed by atoms with E-state index in [0.29, 0.717) is 41.8 Å². The number of nitrogens with zero attached hydrogens (tertiary/aromatic N) is 2. The Morgan fingerprint density at radius 1 is 0.861 bits per heavy atom. The van der Waals surface area contributed by atoms with Gasteiger partial charge < -0.3 is 21.6 Å². The van der Waals surface area contributed by atoms with Crippen molar-refractivity contribution in [3.63, 3.8) is 0 Å². The molecule has 0 radical (unpaired) electrons. The summed E-state index contributed by atoms with van der Waals surface area (Å²) < 4.78 is 19.7. The average molecular weight is 486 g/mol. The van der Waals surface area contributed by atoms with Crippen LogP contribution in [-0.4, -0.2) is 28.6 Å². The van der Waals surface area contributed by atoms with Gasteiger partial charge in [-0.1, -0.05) is 12.1 Å². The average Bonchev–Trinajstić information content (AvgIpc) is 3.32. The summed E-state index contributed by atoms with van der Waals surface area (Å²) in [5.41, 5.74) is 21.1. The van der Waals surface area contributed by atoms with Gasteiger partial charge in [0.15, 0.2) is 0 Å². The highest BCUT2D eigenvalue weighted by Gasteiger charge is 2.45. The van der Waals surface area contributed by atoms with E-state index in [1.54, 1.807) is 36.4 Å². The maximum atomic E-state index is 13.5. The van der Waals surface area contributed by atoms with Crippen molar-refractivity contribution in [2.24, 2.45) is 17.2 Å². The number of nitrogens with two attached hydrogens (primary N) is 3. The molecule has 0 bridgehead atoms. The molecule has 0 unspecified atom stereocenters. The van der Waals surface area contributed by atoms with Gasteiger partial charge in [0, 0.05) is 16.7 Å². The third-order valence-corrected chi connectivity index (χ3v) is 6.76. The summed E-state index contributed by atoms with van der Waals surface area (Å²) in [7, 11) is 0. The quantitative estimate of drug-likeness (QED) is 0.382. The minimum absolute atomic E-state index is 0.233. The minimum Gasteiger partial charge on any atom is -0.419 e. The number of benzene rings is 3. The molecule has 3 aromatic carbocycles. The van der Waals surface area contributed by atoms with Crippen LogP contribution in [0.15, 0.2) is 65.1 Å². The molecule has 5 rings (SSSR count). The largest absolute Gasteiger partial charge is 0.419 e. The van der Waals surface area contributed by atoms with Crippen LogP contribution in [0, 0.1) is 5.82 Å². The Balaban J connectivity index is 1.79. The molecule has 8 nitrogen and oxygen atoms in total. The smallest absolute Gasteiger partial charge is 0.248 e. The lowest BCUT2D eigenvalue weighted by Crippen LogP contribution is -2.34. The summed E-state index contributed by atoms with van der Waals surface area (Å²) in [6.45, 7) is 0.280. The first-order valence-electron chi connectivity index (χ1n) is 11.5. The van der Waals surface area contributed by atoms with E-state index < -0.39 is 17.2 Å². The molecule has 6 N–H and O–H groups in total. The zero-order valence-electron chi connectivity index (χ0n) is 19.3. The van der Waals surface area contributed by atoms with E-state index >= 15 is 0 Å². The maximum Gasteiger partial charge on any atom is 0.248 e. The highest BCUT2D eigenvalue weighted by molar-refractivity contribution is 5.94. The molecule has 0 atom stereocenters. The number of carbonyl (C=O) groups is 2. The van der Waals surface area contributed by atoms with Crippen molar-refractivity contribution in [3.05, 3.63) is 106 Å². The molecule has 1 aromatic heterocycles. The molecule has 182 valence electrons. The standard InChI is InChI=1S/C27H24FN5O3/c28-20-7-3-15(4-8-20)25-32-33-26(36-25)27(11-12-29)21-9-5-18(23(30)34)13-16(21)1-2-17-14-19(24(31)35)6-10-22(17)27/h3-10,13-14H,1-2,11-12,29H2,(H2,30,34)(H2,31,35). The number of hydrogen-bond donors (Lipinski definition) is 3. The van der Waals surface area contributed by atoms with Gasteiger partial charge in [0.1, 0.15) is 11.2 Å². The predicted molar refractivity (Wildman–Crippen MR) is 131 cm³/mol. The third kappa shape index (κ3) is 3.83. The lowest BCUT2D eigenvalue weighted by Gasteiger charge is -2.33. The molecule has 0 aliphatic heterocycles. The zero-order chi connectivity index (χ0) is 25.4. The lowest BCUT2D eigenvalue weighted by molar-refractivity contribution is 0.0991. The fourth-order valence-electron chi connectivity index (χ4n) is 5.08. The van der Waals surface area contributed by atoms with Gasteiger partial charge in [-0.25, -0.2) is 4.39 Å². The molecule has 0 fully saturated rings. The first kappa shape index (κ1) is 23.4. The topological polar surface area (TPSA) is 151 Å². The van der Waals surface area contributed by atoms with Crippen LogP contribution in [0.5, 0.6) is 0 Å². The second kappa shape index (κ2) is 9.01. The Bertz CT molecular complexity index is 1410. The third-order valence-electron chi connectivity index (χ3n) is 6.76. The second-order valence-electron chi connectivity index (χ2n) is 8.84. The first-order valence-corrected chi connectivity index (χ1v) is 11.5. The van der Waals surface area contributed by atoms with E-state index in [1.807, 2.05) is 12.1 Å². The molecule has 0 saturated carbocycles. The molecule has 2 amide bonds. The summed E-state index contributed by atoms with van der Waals surface area (Å²) in [4.78, 5) is 23.9. The van der Waals surface area contributed by atoms with Crippen molar-refractivity contribution < 1.29 is 18.4 Å². The van der Waals surface area contributed by atoms with Crippen LogP contribution in [0.4, 0.5) is 4.39 Å². The molecular weight excluding hydrogens is 461 g/mol. The number of rotatable bonds is 6. The van der Waals surface area contributed by atoms with E-state index in [9.17, 15) is 14.0 Å². The van der Waals surface area contributed by atoms with Gasteiger partial charge >= 0.3 is 0 Å². The Hall–Kier alpha value is -4.37. The highest BCUT2D eigenvalue weighted by atomic mass is 19.1. The molecule has 1 heterocycles. The van der Waals surface area contributed by atoms with Crippen molar-refractivity contribution >= 4 is 11.8 Å². The van der Waals surface area contributed by atoms with E-state index in [-0.39, 0.29) is 18.3 Å². The molecule has 36 heavy (non-hydrogen) atoms. The molecule has 4 aromatic rings. The summed E-state index contributed by atoms with van der Waals surface area (Å²) in [5, 5.41) is 8.69. The minimum atomic E-state index is -0.965. The van der Waals surface area contributed by atoms with Crippen molar-refractivity contribution in [1.82, 2.24) is 10.2 Å². The first-order chi connectivity index (χ1) is 17.3. The van der Waals surface area contributed by atoms with Gasteiger partial charge in [-0.05, 0) is 96.6 Å². The molecule has 0 saturated heterocycles. The predicted octanol–water partition coefficient (Wildman–Crippen LogP) is 2.86. The Labute approximate surface area is 206 Å². The summed E-state index contributed by atoms with van der Waals surface area (Å²) in [5.74, 6) is -0.903. The summed E-state index contributed by atoms with van der Waals surface area (Å²) >= 11 is 0. The van der Waals surface area contributed by atoms with Crippen molar-refractivity contribution in [1.29, 1.82) is 0 Å². The van der Waals surface area contributed by atoms with Crippen molar-refractivity contribution in [2.75, 3.05) is 6.54 Å². The van der Waals surface area contributed by atoms with E-state index in [0.717, 1.165) is 22.3 Å². The Kier molecular flexibility index (Phi) is 5.85. The highest BCUT2D eigenvalue weighted by Crippen LogP contribution is 2.47. The van der Waals surface area contributed by atoms with Crippen molar-refractivity contribution in [3.8, 4) is 11.5 Å². The summed E-state index contributed by atoms with van der Waals surface area (Å²) in [6.07, 6.45) is 1.57. The van der Waals surface area contributed by atoms with E-state index in [1.165, 1.54) is 12.1 Å². The van der Waals surface area contributed by atoms with Gasteiger partial charge in [-0.15, -0.1) is 10.2 Å². The van der Waals surface area contributed by atoms with Gasteiger partial charge in [0.2, 0.25) is 23.6 Å². The van der Waals surface area contributed by atoms with Crippen LogP contribution in [0.25, 0.3) is 11.5 Å². The number of primary amides is 2. The van der Waals surface area contributed by atoms with Crippen molar-refractivity contribution in [2.45, 2.75) is 24.7 Å². The van der Waals surface area contributed by atoms with Gasteiger partial charge in [-0.3, -0.25) is 9.59 Å². The van der Waals surface area contributed by atoms with Crippen LogP contribution in [-0.2, 0) is 18.3 Å². The number of aryl methyl sites for hydroxylation is 2. The number of fused-ring (bicyclic) bond motifs is 2.